The minimum atomic E-state index is -0.811. The quantitative estimate of drug-likeness (QED) is 0.358. The predicted molar refractivity (Wildman–Crippen MR) is 80.2 cm³/mol. The second-order valence-electron chi connectivity index (χ2n) is 4.91. The molecule has 1 rings (SSSR count). The number of carbonyl (C=O) groups excluding carboxylic acids is 2. The van der Waals surface area contributed by atoms with Crippen LogP contribution >= 0.6 is 0 Å². The molecule has 7 heteroatoms. The lowest BCUT2D eigenvalue weighted by Gasteiger charge is -2.16. The molecule has 1 aromatic carbocycles. The van der Waals surface area contributed by atoms with Crippen LogP contribution in [0.1, 0.15) is 18.9 Å². The van der Waals surface area contributed by atoms with Crippen molar-refractivity contribution in [3.05, 3.63) is 52.1 Å². The van der Waals surface area contributed by atoms with E-state index in [1.54, 1.807) is 13.0 Å². The number of carbonyl (C=O) groups is 2. The van der Waals surface area contributed by atoms with Gasteiger partial charge in [-0.15, -0.1) is 6.58 Å². The van der Waals surface area contributed by atoms with Crippen LogP contribution in [0.25, 0.3) is 0 Å². The number of methoxy groups -OCH3 is 1. The van der Waals surface area contributed by atoms with Crippen LogP contribution in [-0.4, -0.2) is 30.0 Å². The molecule has 22 heavy (non-hydrogen) atoms. The minimum Gasteiger partial charge on any atom is -0.467 e. The molecule has 118 valence electrons. The first-order chi connectivity index (χ1) is 10.3. The molecule has 0 radical (unpaired) electrons. The normalized spacial score (nSPS) is 11.4. The molecule has 0 bridgehead atoms. The number of rotatable bonds is 7. The fourth-order valence-electron chi connectivity index (χ4n) is 1.89. The van der Waals surface area contributed by atoms with E-state index in [4.69, 9.17) is 0 Å². The first kappa shape index (κ1) is 17.4. The van der Waals surface area contributed by atoms with Crippen molar-refractivity contribution >= 4 is 17.6 Å². The average molecular weight is 306 g/mol. The van der Waals surface area contributed by atoms with Crippen molar-refractivity contribution < 1.29 is 19.2 Å². The van der Waals surface area contributed by atoms with E-state index in [0.29, 0.717) is 5.56 Å². The summed E-state index contributed by atoms with van der Waals surface area (Å²) in [5.74, 6) is -0.979. The molecule has 0 unspecified atom stereocenters. The SMILES string of the molecule is C=C(C)C[C@H](NC(=O)Cc1cccc([N+](=O)[O-])c1)C(=O)OC. The number of nitrogens with zero attached hydrogens (tertiary/aromatic N) is 1. The number of nitro groups is 1. The molecule has 1 aromatic rings. The van der Waals surface area contributed by atoms with Crippen molar-refractivity contribution in [1.82, 2.24) is 5.32 Å². The van der Waals surface area contributed by atoms with Gasteiger partial charge in [-0.25, -0.2) is 4.79 Å². The second kappa shape index (κ2) is 7.92. The molecule has 0 saturated carbocycles. The number of amides is 1. The molecule has 1 amide bonds. The van der Waals surface area contributed by atoms with E-state index in [9.17, 15) is 19.7 Å². The van der Waals surface area contributed by atoms with Gasteiger partial charge in [0.05, 0.1) is 18.5 Å². The topological polar surface area (TPSA) is 98.5 Å². The third kappa shape index (κ3) is 5.35. The van der Waals surface area contributed by atoms with Crippen LogP contribution in [0.5, 0.6) is 0 Å². The standard InChI is InChI=1S/C15H18N2O5/c1-10(2)7-13(15(19)22-3)16-14(18)9-11-5-4-6-12(8-11)17(20)21/h4-6,8,13H,1,7,9H2,2-3H3,(H,16,18)/t13-/m0/s1. The summed E-state index contributed by atoms with van der Waals surface area (Å²) >= 11 is 0. The van der Waals surface area contributed by atoms with Gasteiger partial charge < -0.3 is 10.1 Å². The van der Waals surface area contributed by atoms with Crippen LogP contribution in [0, 0.1) is 10.1 Å². The number of nitrogens with one attached hydrogen (secondary N) is 1. The van der Waals surface area contributed by atoms with Gasteiger partial charge in [-0.2, -0.15) is 0 Å². The van der Waals surface area contributed by atoms with Crippen LogP contribution in [-0.2, 0) is 20.7 Å². The Hall–Kier alpha value is -2.70. The maximum atomic E-state index is 12.0. The zero-order valence-electron chi connectivity index (χ0n) is 12.5. The van der Waals surface area contributed by atoms with E-state index < -0.39 is 22.8 Å². The monoisotopic (exact) mass is 306 g/mol. The van der Waals surface area contributed by atoms with Gasteiger partial charge in [0.25, 0.3) is 5.69 Å². The molecule has 0 aromatic heterocycles. The first-order valence-corrected chi connectivity index (χ1v) is 6.58. The van der Waals surface area contributed by atoms with E-state index in [0.717, 1.165) is 5.57 Å². The molecule has 0 spiro atoms. The molecule has 1 N–H and O–H groups in total. The summed E-state index contributed by atoms with van der Waals surface area (Å²) in [6.45, 7) is 5.44. The molecule has 0 aliphatic heterocycles. The van der Waals surface area contributed by atoms with Crippen LogP contribution in [0.4, 0.5) is 5.69 Å². The van der Waals surface area contributed by atoms with E-state index in [1.165, 1.54) is 25.3 Å². The van der Waals surface area contributed by atoms with Crippen molar-refractivity contribution in [2.24, 2.45) is 0 Å². The zero-order chi connectivity index (χ0) is 16.7. The van der Waals surface area contributed by atoms with E-state index in [1.807, 2.05) is 0 Å². The van der Waals surface area contributed by atoms with Crippen molar-refractivity contribution in [2.75, 3.05) is 7.11 Å². The van der Waals surface area contributed by atoms with Crippen LogP contribution in [0.3, 0.4) is 0 Å². The minimum absolute atomic E-state index is 0.0641. The molecule has 0 heterocycles. The van der Waals surface area contributed by atoms with Gasteiger partial charge >= 0.3 is 5.97 Å². The Labute approximate surface area is 128 Å². The molecule has 1 atom stereocenters. The van der Waals surface area contributed by atoms with Crippen molar-refractivity contribution in [1.29, 1.82) is 0 Å². The summed E-state index contributed by atoms with van der Waals surface area (Å²) in [6.07, 6.45) is 0.207. The summed E-state index contributed by atoms with van der Waals surface area (Å²) in [4.78, 5) is 33.8. The first-order valence-electron chi connectivity index (χ1n) is 6.58. The number of esters is 1. The second-order valence-corrected chi connectivity index (χ2v) is 4.91. The van der Waals surface area contributed by atoms with Crippen molar-refractivity contribution in [2.45, 2.75) is 25.8 Å². The lowest BCUT2D eigenvalue weighted by Crippen LogP contribution is -2.42. The highest BCUT2D eigenvalue weighted by Gasteiger charge is 2.21. The van der Waals surface area contributed by atoms with Crippen LogP contribution < -0.4 is 5.32 Å². The van der Waals surface area contributed by atoms with Gasteiger partial charge in [-0.05, 0) is 18.9 Å². The number of benzene rings is 1. The molecule has 0 aliphatic carbocycles. The number of non-ortho nitro benzene ring substituents is 1. The van der Waals surface area contributed by atoms with Gasteiger partial charge in [-0.3, -0.25) is 14.9 Å². The van der Waals surface area contributed by atoms with Crippen LogP contribution in [0.2, 0.25) is 0 Å². The largest absolute Gasteiger partial charge is 0.467 e. The summed E-state index contributed by atoms with van der Waals surface area (Å²) in [5, 5.41) is 13.3. The lowest BCUT2D eigenvalue weighted by atomic mass is 10.1. The Morgan fingerprint density at radius 1 is 1.45 bits per heavy atom. The molecular formula is C15H18N2O5. The van der Waals surface area contributed by atoms with Gasteiger partial charge in [0, 0.05) is 12.1 Å². The van der Waals surface area contributed by atoms with E-state index in [2.05, 4.69) is 16.6 Å². The Morgan fingerprint density at radius 2 is 2.14 bits per heavy atom. The third-order valence-corrected chi connectivity index (χ3v) is 2.86. The molecular weight excluding hydrogens is 288 g/mol. The average Bonchev–Trinajstić information content (AvgIpc) is 2.45. The number of hydrogen-bond donors (Lipinski definition) is 1. The summed E-state index contributed by atoms with van der Waals surface area (Å²) < 4.78 is 4.63. The fraction of sp³-hybridized carbons (Fsp3) is 0.333. The summed E-state index contributed by atoms with van der Waals surface area (Å²) in [7, 11) is 1.24. The Bertz CT molecular complexity index is 597. The van der Waals surface area contributed by atoms with E-state index in [-0.39, 0.29) is 18.5 Å². The van der Waals surface area contributed by atoms with Gasteiger partial charge in [-0.1, -0.05) is 17.7 Å². The van der Waals surface area contributed by atoms with Gasteiger partial charge in [0.2, 0.25) is 5.91 Å². The van der Waals surface area contributed by atoms with Crippen molar-refractivity contribution in [3.8, 4) is 0 Å². The molecule has 0 fully saturated rings. The third-order valence-electron chi connectivity index (χ3n) is 2.86. The maximum Gasteiger partial charge on any atom is 0.328 e. The smallest absolute Gasteiger partial charge is 0.328 e. The van der Waals surface area contributed by atoms with Crippen LogP contribution in [0.15, 0.2) is 36.4 Å². The molecule has 0 aliphatic rings. The highest BCUT2D eigenvalue weighted by atomic mass is 16.6. The lowest BCUT2D eigenvalue weighted by molar-refractivity contribution is -0.384. The summed E-state index contributed by atoms with van der Waals surface area (Å²) in [6, 6.07) is 4.98. The van der Waals surface area contributed by atoms with Crippen molar-refractivity contribution in [3.63, 3.8) is 0 Å². The highest BCUT2D eigenvalue weighted by Crippen LogP contribution is 2.13. The van der Waals surface area contributed by atoms with E-state index >= 15 is 0 Å². The fourth-order valence-corrected chi connectivity index (χ4v) is 1.89. The summed E-state index contributed by atoms with van der Waals surface area (Å²) in [5.41, 5.74) is 1.13. The number of hydrogen-bond acceptors (Lipinski definition) is 5. The van der Waals surface area contributed by atoms with Gasteiger partial charge in [0.1, 0.15) is 6.04 Å². The molecule has 0 saturated heterocycles. The Kier molecular flexibility index (Phi) is 6.25. The number of nitro benzene ring substituents is 1. The Balaban J connectivity index is 2.74. The Morgan fingerprint density at radius 3 is 2.68 bits per heavy atom. The number of ether oxygens (including phenoxy) is 1. The molecule has 7 nitrogen and oxygen atoms in total. The maximum absolute atomic E-state index is 12.0. The predicted octanol–water partition coefficient (Wildman–Crippen LogP) is 1.76. The zero-order valence-corrected chi connectivity index (χ0v) is 12.5. The van der Waals surface area contributed by atoms with Gasteiger partial charge in [0.15, 0.2) is 0 Å². The highest BCUT2D eigenvalue weighted by molar-refractivity contribution is 5.85.